The van der Waals surface area contributed by atoms with E-state index in [9.17, 15) is 14.0 Å². The molecule has 0 unspecified atom stereocenters. The summed E-state index contributed by atoms with van der Waals surface area (Å²) < 4.78 is 24.7. The highest BCUT2D eigenvalue weighted by Crippen LogP contribution is 2.39. The maximum atomic E-state index is 14.0. The van der Waals surface area contributed by atoms with Crippen molar-refractivity contribution in [3.05, 3.63) is 65.1 Å². The van der Waals surface area contributed by atoms with Gasteiger partial charge in [-0.3, -0.25) is 4.79 Å². The second-order valence-corrected chi connectivity index (χ2v) is 6.09. The monoisotopic (exact) mass is 385 g/mol. The zero-order chi connectivity index (χ0) is 20.3. The zero-order valence-electron chi connectivity index (χ0n) is 15.6. The van der Waals surface area contributed by atoms with Gasteiger partial charge in [0, 0.05) is 11.3 Å². The fraction of sp³-hybridized carbons (Fsp3) is 0.200. The summed E-state index contributed by atoms with van der Waals surface area (Å²) in [5.74, 6) is -0.261. The normalized spacial score (nSPS) is 16.1. The van der Waals surface area contributed by atoms with Crippen LogP contribution in [-0.4, -0.2) is 26.2 Å². The molecule has 0 spiro atoms. The number of benzene rings is 2. The van der Waals surface area contributed by atoms with Gasteiger partial charge < -0.3 is 25.4 Å². The molecule has 2 aromatic carbocycles. The lowest BCUT2D eigenvalue weighted by Crippen LogP contribution is -2.46. The molecule has 3 N–H and O–H groups in total. The van der Waals surface area contributed by atoms with Crippen molar-refractivity contribution in [3.63, 3.8) is 0 Å². The maximum Gasteiger partial charge on any atom is 0.319 e. The van der Waals surface area contributed by atoms with Crippen LogP contribution in [0.4, 0.5) is 14.9 Å². The third kappa shape index (κ3) is 3.62. The molecule has 0 radical (unpaired) electrons. The summed E-state index contributed by atoms with van der Waals surface area (Å²) in [4.78, 5) is 25.0. The van der Waals surface area contributed by atoms with Crippen molar-refractivity contribution in [2.24, 2.45) is 0 Å². The number of carbonyl (C=O) groups excluding carboxylic acids is 2. The van der Waals surface area contributed by atoms with Gasteiger partial charge in [-0.25, -0.2) is 9.18 Å². The second kappa shape index (κ2) is 7.99. The van der Waals surface area contributed by atoms with E-state index in [2.05, 4.69) is 16.0 Å². The van der Waals surface area contributed by atoms with Gasteiger partial charge in [0.15, 0.2) is 11.5 Å². The van der Waals surface area contributed by atoms with Gasteiger partial charge in [-0.2, -0.15) is 0 Å². The van der Waals surface area contributed by atoms with E-state index < -0.39 is 23.8 Å². The average molecular weight is 385 g/mol. The van der Waals surface area contributed by atoms with Crippen molar-refractivity contribution < 1.29 is 23.5 Å². The molecule has 3 rings (SSSR count). The SMILES string of the molecule is COc1cccc([C@@H]2NC(=O)NC(C)=C2C(=O)Nc2ccccc2F)c1OC. The number of halogens is 1. The number of allylic oxidation sites excluding steroid dienone is 1. The first-order valence-corrected chi connectivity index (χ1v) is 8.51. The van der Waals surface area contributed by atoms with Gasteiger partial charge in [-0.05, 0) is 25.1 Å². The second-order valence-electron chi connectivity index (χ2n) is 6.09. The highest BCUT2D eigenvalue weighted by Gasteiger charge is 2.34. The summed E-state index contributed by atoms with van der Waals surface area (Å²) in [5.41, 5.74) is 1.16. The maximum absolute atomic E-state index is 14.0. The van der Waals surface area contributed by atoms with E-state index in [1.165, 1.54) is 32.4 Å². The number of anilines is 1. The van der Waals surface area contributed by atoms with Gasteiger partial charge >= 0.3 is 6.03 Å². The van der Waals surface area contributed by atoms with Crippen LogP contribution in [0.3, 0.4) is 0 Å². The molecule has 3 amide bonds. The predicted molar refractivity (Wildman–Crippen MR) is 102 cm³/mol. The van der Waals surface area contributed by atoms with E-state index >= 15 is 0 Å². The lowest BCUT2D eigenvalue weighted by molar-refractivity contribution is -0.113. The molecular formula is C20H20FN3O4. The molecule has 1 heterocycles. The zero-order valence-corrected chi connectivity index (χ0v) is 15.6. The first-order chi connectivity index (χ1) is 13.5. The average Bonchev–Trinajstić information content (AvgIpc) is 2.68. The minimum atomic E-state index is -0.814. The standard InChI is InChI=1S/C20H20FN3O4/c1-11-16(19(25)23-14-9-5-4-8-13(14)21)17(24-20(26)22-11)12-7-6-10-15(27-2)18(12)28-3/h4-10,17H,1-3H3,(H,23,25)(H2,22,24,26)/t17-/m0/s1. The largest absolute Gasteiger partial charge is 0.493 e. The van der Waals surface area contributed by atoms with Crippen LogP contribution in [0.5, 0.6) is 11.5 Å². The Morgan fingerprint density at radius 2 is 1.86 bits per heavy atom. The summed E-state index contributed by atoms with van der Waals surface area (Å²) in [6.07, 6.45) is 0. The number of para-hydroxylation sites is 2. The Hall–Kier alpha value is -3.55. The molecule has 0 aliphatic carbocycles. The van der Waals surface area contributed by atoms with Crippen molar-refractivity contribution in [3.8, 4) is 11.5 Å². The van der Waals surface area contributed by atoms with Gasteiger partial charge in [0.25, 0.3) is 5.91 Å². The molecule has 8 heteroatoms. The van der Waals surface area contributed by atoms with E-state index in [0.29, 0.717) is 22.8 Å². The molecular weight excluding hydrogens is 365 g/mol. The van der Waals surface area contributed by atoms with Crippen molar-refractivity contribution in [2.75, 3.05) is 19.5 Å². The van der Waals surface area contributed by atoms with Gasteiger partial charge in [0.1, 0.15) is 5.82 Å². The smallest absolute Gasteiger partial charge is 0.319 e. The number of nitrogens with one attached hydrogen (secondary N) is 3. The summed E-state index contributed by atoms with van der Waals surface area (Å²) in [5, 5.41) is 7.86. The highest BCUT2D eigenvalue weighted by atomic mass is 19.1. The van der Waals surface area contributed by atoms with Crippen LogP contribution in [0.1, 0.15) is 18.5 Å². The topological polar surface area (TPSA) is 88.7 Å². The Morgan fingerprint density at radius 3 is 2.54 bits per heavy atom. The molecule has 0 aromatic heterocycles. The Morgan fingerprint density at radius 1 is 1.11 bits per heavy atom. The number of ether oxygens (including phenoxy) is 2. The van der Waals surface area contributed by atoms with Gasteiger partial charge in [-0.1, -0.05) is 24.3 Å². The van der Waals surface area contributed by atoms with Gasteiger partial charge in [0.2, 0.25) is 0 Å². The van der Waals surface area contributed by atoms with Gasteiger partial charge in [-0.15, -0.1) is 0 Å². The number of rotatable bonds is 5. The Kier molecular flexibility index (Phi) is 5.49. The summed E-state index contributed by atoms with van der Waals surface area (Å²) in [6, 6.07) is 9.74. The molecule has 0 fully saturated rings. The molecule has 146 valence electrons. The van der Waals surface area contributed by atoms with Crippen molar-refractivity contribution in [1.29, 1.82) is 0 Å². The predicted octanol–water partition coefficient (Wildman–Crippen LogP) is 3.11. The van der Waals surface area contributed by atoms with Crippen molar-refractivity contribution in [1.82, 2.24) is 10.6 Å². The Bertz CT molecular complexity index is 958. The fourth-order valence-corrected chi connectivity index (χ4v) is 3.12. The lowest BCUT2D eigenvalue weighted by Gasteiger charge is -2.30. The molecule has 0 bridgehead atoms. The molecule has 28 heavy (non-hydrogen) atoms. The highest BCUT2D eigenvalue weighted by molar-refractivity contribution is 6.07. The van der Waals surface area contributed by atoms with E-state index in [-0.39, 0.29) is 11.3 Å². The molecule has 0 saturated heterocycles. The molecule has 2 aromatic rings. The molecule has 1 atom stereocenters. The van der Waals surface area contributed by atoms with E-state index in [4.69, 9.17) is 9.47 Å². The molecule has 1 aliphatic rings. The van der Waals surface area contributed by atoms with E-state index in [1.54, 1.807) is 31.2 Å². The number of methoxy groups -OCH3 is 2. The number of hydrogen-bond donors (Lipinski definition) is 3. The first kappa shape index (κ1) is 19.2. The fourth-order valence-electron chi connectivity index (χ4n) is 3.12. The quantitative estimate of drug-likeness (QED) is 0.738. The summed E-state index contributed by atoms with van der Waals surface area (Å²) in [6.45, 7) is 1.61. The number of urea groups is 1. The lowest BCUT2D eigenvalue weighted by atomic mass is 9.93. The van der Waals surface area contributed by atoms with E-state index in [1.807, 2.05) is 0 Å². The molecule has 7 nitrogen and oxygen atoms in total. The summed E-state index contributed by atoms with van der Waals surface area (Å²) >= 11 is 0. The molecule has 0 saturated carbocycles. The third-order valence-corrected chi connectivity index (χ3v) is 4.38. The third-order valence-electron chi connectivity index (χ3n) is 4.38. The number of amides is 3. The van der Waals surface area contributed by atoms with Crippen LogP contribution in [0.25, 0.3) is 0 Å². The van der Waals surface area contributed by atoms with Crippen LogP contribution >= 0.6 is 0 Å². The van der Waals surface area contributed by atoms with Crippen LogP contribution in [0.2, 0.25) is 0 Å². The Labute approximate surface area is 161 Å². The van der Waals surface area contributed by atoms with Crippen LogP contribution < -0.4 is 25.4 Å². The van der Waals surface area contributed by atoms with E-state index in [0.717, 1.165) is 0 Å². The molecule has 1 aliphatic heterocycles. The van der Waals surface area contributed by atoms with Crippen LogP contribution in [0, 0.1) is 5.82 Å². The van der Waals surface area contributed by atoms with Crippen molar-refractivity contribution >= 4 is 17.6 Å². The van der Waals surface area contributed by atoms with Gasteiger partial charge in [0.05, 0.1) is 31.5 Å². The van der Waals surface area contributed by atoms with Crippen LogP contribution in [-0.2, 0) is 4.79 Å². The van der Waals surface area contributed by atoms with Crippen LogP contribution in [0.15, 0.2) is 53.7 Å². The minimum absolute atomic E-state index is 0.0426. The van der Waals surface area contributed by atoms with Crippen molar-refractivity contribution in [2.45, 2.75) is 13.0 Å². The number of hydrogen-bond acceptors (Lipinski definition) is 4. The summed E-state index contributed by atoms with van der Waals surface area (Å²) in [7, 11) is 2.97. The Balaban J connectivity index is 2.05. The minimum Gasteiger partial charge on any atom is -0.493 e. The first-order valence-electron chi connectivity index (χ1n) is 8.51. The number of carbonyl (C=O) groups is 2.